The Bertz CT molecular complexity index is 3750. The van der Waals surface area contributed by atoms with Gasteiger partial charge in [-0.25, -0.2) is 4.98 Å². The van der Waals surface area contributed by atoms with Gasteiger partial charge in [-0.2, -0.15) is 0 Å². The first-order valence-electron chi connectivity index (χ1n) is 28.9. The Hall–Kier alpha value is -7.50. The first kappa shape index (κ1) is 33.9. The molecule has 0 N–H and O–H groups in total. The molecule has 5 heterocycles. The van der Waals surface area contributed by atoms with Crippen molar-refractivity contribution in [3.63, 3.8) is 0 Å². The van der Waals surface area contributed by atoms with Gasteiger partial charge in [-0.05, 0) is 170 Å². The zero-order valence-corrected chi connectivity index (χ0v) is 38.3. The molecule has 340 valence electrons. The molecular weight excluding hydrogens is 841 g/mol. The van der Waals surface area contributed by atoms with Crippen molar-refractivity contribution in [3.8, 4) is 56.0 Å². The van der Waals surface area contributed by atoms with Gasteiger partial charge in [0, 0.05) is 65.5 Å². The van der Waals surface area contributed by atoms with Crippen LogP contribution in [0, 0.1) is 31.5 Å². The summed E-state index contributed by atoms with van der Waals surface area (Å²) in [6.07, 6.45) is 4.72. The molecule has 11 rings (SSSR count). The van der Waals surface area contributed by atoms with Gasteiger partial charge in [-0.15, -0.1) is 0 Å². The molecule has 5 nitrogen and oxygen atoms in total. The van der Waals surface area contributed by atoms with Gasteiger partial charge >= 0.3 is 0 Å². The standard InChI is InChI=1S/C64H58N4O/c1-43-35-53(30-32-55(43)50-13-6-3-7-14-50)59-39-62(58-20-12-19-56-57-31-21-44(2)68-64(57)69-63(56)58)67-42-54(59)29-26-49-37-47(24-22-45-27-33-60(65-40-45)51-15-8-4-9-16-51)36-48(38-49)25-23-46-28-34-61(66-41-46)52-17-10-5-11-18-52/h3-21,27-28,30-35,39-42,47-49H,22-26,29,36-38H2,1-2H3/i1D3,2D3,24D2,26D2. The normalized spacial score (nSPS) is 18.9. The number of para-hydroxylation sites is 1. The van der Waals surface area contributed by atoms with Gasteiger partial charge in [0.15, 0.2) is 0 Å². The van der Waals surface area contributed by atoms with E-state index in [1.807, 2.05) is 152 Å². The zero-order valence-electron chi connectivity index (χ0n) is 48.3. The molecule has 0 saturated heterocycles. The Kier molecular flexibility index (Phi) is 9.82. The molecule has 10 aromatic rings. The predicted molar refractivity (Wildman–Crippen MR) is 284 cm³/mol. The van der Waals surface area contributed by atoms with Gasteiger partial charge in [-0.1, -0.05) is 133 Å². The van der Waals surface area contributed by atoms with E-state index >= 15 is 0 Å². The third-order valence-electron chi connectivity index (χ3n) is 13.7. The van der Waals surface area contributed by atoms with Crippen LogP contribution in [0.1, 0.15) is 80.1 Å². The number of rotatable bonds is 14. The topological polar surface area (TPSA) is 64.7 Å². The van der Waals surface area contributed by atoms with Crippen LogP contribution >= 0.6 is 0 Å². The van der Waals surface area contributed by atoms with Gasteiger partial charge in [0.1, 0.15) is 5.58 Å². The lowest BCUT2D eigenvalue weighted by Crippen LogP contribution is -2.24. The molecule has 1 fully saturated rings. The average molecular weight is 909 g/mol. The third kappa shape index (κ3) is 9.92. The summed E-state index contributed by atoms with van der Waals surface area (Å²) in [5, 5.41) is 1.34. The quantitative estimate of drug-likeness (QED) is 0.109. The molecule has 5 aromatic carbocycles. The van der Waals surface area contributed by atoms with Gasteiger partial charge in [0.25, 0.3) is 0 Å². The van der Waals surface area contributed by atoms with Crippen LogP contribution in [0.2, 0.25) is 0 Å². The highest BCUT2D eigenvalue weighted by Crippen LogP contribution is 2.42. The largest absolute Gasteiger partial charge is 0.437 e. The second-order valence-electron chi connectivity index (χ2n) is 18.3. The van der Waals surface area contributed by atoms with Crippen LogP contribution in [0.3, 0.4) is 0 Å². The summed E-state index contributed by atoms with van der Waals surface area (Å²) in [4.78, 5) is 18.9. The number of benzene rings is 5. The lowest BCUT2D eigenvalue weighted by atomic mass is 9.70. The minimum atomic E-state index is -2.50. The zero-order chi connectivity index (χ0) is 55.1. The molecule has 1 saturated carbocycles. The van der Waals surface area contributed by atoms with E-state index in [2.05, 4.69) is 11.1 Å². The number of nitrogens with zero attached hydrogens (tertiary/aromatic N) is 4. The minimum Gasteiger partial charge on any atom is -0.437 e. The van der Waals surface area contributed by atoms with Gasteiger partial charge < -0.3 is 4.42 Å². The summed E-state index contributed by atoms with van der Waals surface area (Å²) in [5.41, 5.74) is 10.3. The smallest absolute Gasteiger partial charge is 0.227 e. The fourth-order valence-electron chi connectivity index (χ4n) is 10.1. The Labute approximate surface area is 420 Å². The van der Waals surface area contributed by atoms with E-state index in [1.54, 1.807) is 24.5 Å². The maximum absolute atomic E-state index is 10.1. The van der Waals surface area contributed by atoms with Crippen molar-refractivity contribution in [2.45, 2.75) is 71.4 Å². The van der Waals surface area contributed by atoms with E-state index in [0.29, 0.717) is 75.5 Å². The van der Waals surface area contributed by atoms with E-state index in [1.165, 1.54) is 6.07 Å². The maximum Gasteiger partial charge on any atom is 0.227 e. The maximum atomic E-state index is 10.1. The fourth-order valence-corrected chi connectivity index (χ4v) is 10.1. The second-order valence-corrected chi connectivity index (χ2v) is 18.3. The molecule has 0 aliphatic heterocycles. The number of pyridine rings is 4. The molecule has 5 aromatic heterocycles. The van der Waals surface area contributed by atoms with Crippen molar-refractivity contribution in [2.24, 2.45) is 17.8 Å². The SMILES string of the molecule is [2H]C([2H])([2H])c1ccc2c(n1)oc1c(-c3cc(-c4ccc(-c5ccccc5)c(C([2H])([2H])[2H])c4)c(CC([2H])([2H])C4CC(CCc5ccc(-c6ccccc6)nc5)CC(C([2H])([2H])Cc5ccc(-c6ccccc6)nc5)C4)cn3)cccc12. The highest BCUT2D eigenvalue weighted by atomic mass is 16.3. The van der Waals surface area contributed by atoms with E-state index in [-0.39, 0.29) is 35.7 Å². The first-order valence-corrected chi connectivity index (χ1v) is 23.9. The first-order chi connectivity index (χ1) is 37.9. The summed E-state index contributed by atoms with van der Waals surface area (Å²) in [5.74, 6) is -1.02. The number of aromatic nitrogens is 4. The molecule has 1 aliphatic carbocycles. The van der Waals surface area contributed by atoms with Gasteiger partial charge in [0.2, 0.25) is 5.71 Å². The van der Waals surface area contributed by atoms with Crippen molar-refractivity contribution in [2.75, 3.05) is 0 Å². The van der Waals surface area contributed by atoms with E-state index in [9.17, 15) is 5.48 Å². The predicted octanol–water partition coefficient (Wildman–Crippen LogP) is 16.3. The number of furan rings is 1. The summed E-state index contributed by atoms with van der Waals surface area (Å²) >= 11 is 0. The highest BCUT2D eigenvalue weighted by molar-refractivity contribution is 6.08. The Morgan fingerprint density at radius 1 is 0.493 bits per heavy atom. The van der Waals surface area contributed by atoms with Crippen molar-refractivity contribution in [1.29, 1.82) is 0 Å². The molecule has 5 heteroatoms. The molecule has 0 amide bonds. The van der Waals surface area contributed by atoms with Gasteiger partial charge in [-0.3, -0.25) is 15.0 Å². The van der Waals surface area contributed by atoms with E-state index in [0.717, 1.165) is 45.6 Å². The summed E-state index contributed by atoms with van der Waals surface area (Å²) in [7, 11) is 0. The summed E-state index contributed by atoms with van der Waals surface area (Å²) in [6.45, 7) is -4.94. The molecule has 69 heavy (non-hydrogen) atoms. The van der Waals surface area contributed by atoms with E-state index < -0.39 is 38.3 Å². The molecule has 0 spiro atoms. The molecule has 0 radical (unpaired) electrons. The van der Waals surface area contributed by atoms with Crippen molar-refractivity contribution >= 4 is 22.1 Å². The lowest BCUT2D eigenvalue weighted by molar-refractivity contribution is 0.172. The number of hydrogen-bond acceptors (Lipinski definition) is 5. The van der Waals surface area contributed by atoms with Crippen LogP contribution in [-0.4, -0.2) is 19.9 Å². The van der Waals surface area contributed by atoms with Crippen LogP contribution in [-0.2, 0) is 19.3 Å². The molecule has 1 aliphatic rings. The molecular formula is C64H58N4O. The van der Waals surface area contributed by atoms with Crippen LogP contribution in [0.15, 0.2) is 193 Å². The van der Waals surface area contributed by atoms with Crippen molar-refractivity contribution in [3.05, 3.63) is 216 Å². The van der Waals surface area contributed by atoms with Crippen LogP contribution in [0.5, 0.6) is 0 Å². The van der Waals surface area contributed by atoms with Crippen molar-refractivity contribution in [1.82, 2.24) is 19.9 Å². The van der Waals surface area contributed by atoms with Crippen LogP contribution < -0.4 is 0 Å². The lowest BCUT2D eigenvalue weighted by Gasteiger charge is -2.35. The fraction of sp³-hybridized carbons (Fsp3) is 0.219. The average Bonchev–Trinajstić information content (AvgIpc) is 4.02. The Morgan fingerprint density at radius 2 is 1.14 bits per heavy atom. The molecule has 3 atom stereocenters. The van der Waals surface area contributed by atoms with Crippen LogP contribution in [0.4, 0.5) is 0 Å². The minimum absolute atomic E-state index is 0.00302. The number of fused-ring (bicyclic) bond motifs is 3. The third-order valence-corrected chi connectivity index (χ3v) is 13.7. The second kappa shape index (κ2) is 20.0. The van der Waals surface area contributed by atoms with Gasteiger partial charge in [0.05, 0.1) is 17.1 Å². The Morgan fingerprint density at radius 3 is 1.81 bits per heavy atom. The Balaban J connectivity index is 0.955. The van der Waals surface area contributed by atoms with E-state index in [4.69, 9.17) is 27.6 Å². The number of hydrogen-bond donors (Lipinski definition) is 0. The summed E-state index contributed by atoms with van der Waals surface area (Å²) in [6, 6.07) is 53.3. The monoisotopic (exact) mass is 909 g/mol. The van der Waals surface area contributed by atoms with Crippen molar-refractivity contribution < 1.29 is 18.1 Å². The highest BCUT2D eigenvalue weighted by Gasteiger charge is 2.29. The van der Waals surface area contributed by atoms with Crippen LogP contribution in [0.25, 0.3) is 78.1 Å². The molecule has 0 bridgehead atoms. The number of aryl methyl sites for hydroxylation is 5. The molecule has 3 unspecified atom stereocenters. The summed E-state index contributed by atoms with van der Waals surface area (Å²) < 4.78 is 96.1.